The minimum Gasteiger partial charge on any atom is -0.724 e. The molecule has 0 spiro atoms. The smallest absolute Gasteiger partial charge is 0.418 e. The summed E-state index contributed by atoms with van der Waals surface area (Å²) in [5, 5.41) is 12.8. The third-order valence-corrected chi connectivity index (χ3v) is 14.5. The van der Waals surface area contributed by atoms with Crippen molar-refractivity contribution in [3.05, 3.63) is 35.0 Å². The summed E-state index contributed by atoms with van der Waals surface area (Å²) in [6.07, 6.45) is 18.7. The molecule has 2 N–H and O–H groups in total. The summed E-state index contributed by atoms with van der Waals surface area (Å²) in [7, 11) is -9.70. The summed E-state index contributed by atoms with van der Waals surface area (Å²) in [6.45, 7) is 17.6. The maximum absolute atomic E-state index is 12.4. The highest BCUT2D eigenvalue weighted by Gasteiger charge is 2.49. The molecule has 8 rings (SSSR count). The molecular weight excluding hydrogens is 885 g/mol. The maximum Gasteiger partial charge on any atom is 0.418 e. The number of hydrogen-bond acceptors (Lipinski definition) is 14. The molecule has 0 unspecified atom stereocenters. The Balaban J connectivity index is 0.000000165. The van der Waals surface area contributed by atoms with E-state index in [9.17, 15) is 31.0 Å². The first-order chi connectivity index (χ1) is 31.1. The number of nitrogens with one attached hydrogen (secondary N) is 1. The van der Waals surface area contributed by atoms with Crippen LogP contribution in [0.2, 0.25) is 0 Å². The van der Waals surface area contributed by atoms with Gasteiger partial charge in [-0.1, -0.05) is 83.0 Å². The van der Waals surface area contributed by atoms with Crippen molar-refractivity contribution in [1.29, 1.82) is 0 Å². The number of hydrogen-bond donors (Lipinski definition) is 2. The molecule has 6 fully saturated rings. The predicted molar refractivity (Wildman–Crippen MR) is 236 cm³/mol. The maximum atomic E-state index is 12.4. The van der Waals surface area contributed by atoms with Crippen molar-refractivity contribution in [2.45, 2.75) is 161 Å². The average Bonchev–Trinajstić information content (AvgIpc) is 4.01. The molecule has 2 aromatic rings. The van der Waals surface area contributed by atoms with Gasteiger partial charge in [0.25, 0.3) is 0 Å². The van der Waals surface area contributed by atoms with Crippen LogP contribution >= 0.6 is 0 Å². The van der Waals surface area contributed by atoms with Crippen molar-refractivity contribution < 1.29 is 57.6 Å². The molecule has 4 atom stereocenters. The van der Waals surface area contributed by atoms with Crippen LogP contribution < -0.4 is 5.32 Å². The fraction of sp³-hybridized carbons (Fsp3) is 0.814. The fourth-order valence-corrected chi connectivity index (χ4v) is 10.6. The van der Waals surface area contributed by atoms with Crippen LogP contribution in [0.4, 0.5) is 9.59 Å². The first-order valence-electron chi connectivity index (χ1n) is 24.0. The van der Waals surface area contributed by atoms with Crippen molar-refractivity contribution in [3.8, 4) is 0 Å². The van der Waals surface area contributed by atoms with Crippen LogP contribution in [0.5, 0.6) is 0 Å². The number of piperidine rings is 2. The van der Waals surface area contributed by atoms with E-state index in [1.54, 1.807) is 0 Å². The van der Waals surface area contributed by atoms with Gasteiger partial charge >= 0.3 is 22.5 Å². The van der Waals surface area contributed by atoms with Crippen molar-refractivity contribution >= 4 is 32.9 Å². The van der Waals surface area contributed by atoms with E-state index in [2.05, 4.69) is 51.9 Å². The highest BCUT2D eigenvalue weighted by molar-refractivity contribution is 7.81. The Morgan fingerprint density at radius 2 is 1.12 bits per heavy atom. The fourth-order valence-electron chi connectivity index (χ4n) is 9.84. The number of unbranched alkanes of at least 4 members (excludes halogenated alkanes) is 4. The van der Waals surface area contributed by atoms with Crippen molar-refractivity contribution in [2.24, 2.45) is 11.8 Å². The van der Waals surface area contributed by atoms with Crippen LogP contribution in [0.3, 0.4) is 0 Å². The van der Waals surface area contributed by atoms with Crippen molar-refractivity contribution in [1.82, 2.24) is 35.6 Å². The second-order valence-corrected chi connectivity index (χ2v) is 20.8. The number of fused-ring (bicyclic) bond motifs is 4. The Morgan fingerprint density at radius 3 is 1.48 bits per heavy atom. The molecule has 4 amide bonds. The van der Waals surface area contributed by atoms with Crippen LogP contribution in [0.15, 0.2) is 21.2 Å². The van der Waals surface area contributed by atoms with E-state index in [0.717, 1.165) is 42.5 Å². The van der Waals surface area contributed by atoms with E-state index in [1.165, 1.54) is 111 Å². The zero-order valence-electron chi connectivity index (χ0n) is 38.7. The highest BCUT2D eigenvalue weighted by Crippen LogP contribution is 2.40. The molecule has 7 heterocycles. The molecular formula is C43H72N8O12S2. The minimum atomic E-state index is -4.97. The Hall–Kier alpha value is -3.38. The summed E-state index contributed by atoms with van der Waals surface area (Å²) in [4.78, 5) is 27.7. The Kier molecular flexibility index (Phi) is 18.1. The average molecular weight is 957 g/mol. The van der Waals surface area contributed by atoms with Crippen LogP contribution in [-0.4, -0.2) is 137 Å². The third-order valence-electron chi connectivity index (χ3n) is 13.8. The molecule has 4 bridgehead atoms. The van der Waals surface area contributed by atoms with Crippen LogP contribution in [0.1, 0.15) is 159 Å². The van der Waals surface area contributed by atoms with Crippen LogP contribution in [0, 0.1) is 11.8 Å². The number of quaternary nitrogens is 1. The summed E-state index contributed by atoms with van der Waals surface area (Å²) in [5.74, 6) is 2.81. The lowest BCUT2D eigenvalue weighted by molar-refractivity contribution is -0.929. The predicted octanol–water partition coefficient (Wildman–Crippen LogP) is 6.47. The largest absolute Gasteiger partial charge is 0.724 e. The van der Waals surface area contributed by atoms with Crippen LogP contribution in [0.25, 0.3) is 0 Å². The van der Waals surface area contributed by atoms with Gasteiger partial charge in [0.1, 0.15) is 22.9 Å². The molecule has 1 saturated carbocycles. The van der Waals surface area contributed by atoms with Gasteiger partial charge in [0.05, 0.1) is 50.3 Å². The zero-order chi connectivity index (χ0) is 46.8. The van der Waals surface area contributed by atoms with Gasteiger partial charge < -0.3 is 33.2 Å². The van der Waals surface area contributed by atoms with Gasteiger partial charge in [-0.05, 0) is 76.3 Å². The molecule has 65 heavy (non-hydrogen) atoms. The summed E-state index contributed by atoms with van der Waals surface area (Å²) in [6, 6.07) is 1.14. The van der Waals surface area contributed by atoms with Gasteiger partial charge in [-0.3, -0.25) is 4.55 Å². The SMILES string of the molecule is CCCC[N+](CCCC)(CCCC)CCCC.O=C1N2C[C@@H](CC[C@H]2c2cc(CC3CCC3)on2)N1OS(=O)(=O)[O-].O=C1N2C[C@@H](CC[C@H]2c2cc(CC3CNC3)on2)N1OS(=O)(=O)O. The molecule has 20 nitrogen and oxygen atoms in total. The second-order valence-electron chi connectivity index (χ2n) is 18.8. The molecule has 0 radical (unpaired) electrons. The zero-order valence-corrected chi connectivity index (χ0v) is 40.3. The number of carbonyl (C=O) groups excluding carboxylic acids is 2. The van der Waals surface area contributed by atoms with E-state index in [-0.39, 0.29) is 12.1 Å². The van der Waals surface area contributed by atoms with Crippen LogP contribution in [-0.2, 0) is 42.2 Å². The first-order valence-corrected chi connectivity index (χ1v) is 26.7. The Labute approximate surface area is 385 Å². The first kappa shape index (κ1) is 51.0. The van der Waals surface area contributed by atoms with Gasteiger partial charge in [0, 0.05) is 38.1 Å². The van der Waals surface area contributed by atoms with E-state index in [0.29, 0.717) is 67.1 Å². The lowest BCUT2D eigenvalue weighted by atomic mass is 9.82. The molecule has 2 aromatic heterocycles. The third kappa shape index (κ3) is 13.9. The Bertz CT molecular complexity index is 1900. The number of carbonyl (C=O) groups is 2. The van der Waals surface area contributed by atoms with Gasteiger partial charge in [0.15, 0.2) is 0 Å². The number of rotatable bonds is 22. The van der Waals surface area contributed by atoms with Crippen molar-refractivity contribution in [3.63, 3.8) is 0 Å². The molecule has 6 aliphatic rings. The number of aromatic nitrogens is 2. The van der Waals surface area contributed by atoms with Gasteiger partial charge in [0.2, 0.25) is 10.4 Å². The molecule has 5 aliphatic heterocycles. The van der Waals surface area contributed by atoms with Gasteiger partial charge in [-0.15, -0.1) is 4.28 Å². The number of hydroxylamine groups is 4. The summed E-state index contributed by atoms with van der Waals surface area (Å²) >= 11 is 0. The van der Waals surface area contributed by atoms with E-state index >= 15 is 0 Å². The molecule has 368 valence electrons. The molecule has 1 aliphatic carbocycles. The monoisotopic (exact) mass is 956 g/mol. The lowest BCUT2D eigenvalue weighted by Crippen LogP contribution is -2.50. The topological polar surface area (TPSA) is 241 Å². The molecule has 5 saturated heterocycles. The number of urea groups is 2. The summed E-state index contributed by atoms with van der Waals surface area (Å²) in [5.41, 5.74) is 1.33. The quantitative estimate of drug-likeness (QED) is 0.0731. The van der Waals surface area contributed by atoms with E-state index in [4.69, 9.17) is 13.6 Å². The van der Waals surface area contributed by atoms with Gasteiger partial charge in [-0.25, -0.2) is 18.0 Å². The highest BCUT2D eigenvalue weighted by atomic mass is 32.3. The number of amides is 4. The summed E-state index contributed by atoms with van der Waals surface area (Å²) < 4.78 is 83.9. The minimum absolute atomic E-state index is 0.277. The molecule has 22 heteroatoms. The normalized spacial score (nSPS) is 23.5. The van der Waals surface area contributed by atoms with Gasteiger partial charge in [-0.2, -0.15) is 22.8 Å². The number of nitrogens with zero attached hydrogens (tertiary/aromatic N) is 7. The van der Waals surface area contributed by atoms with E-state index < -0.39 is 44.9 Å². The van der Waals surface area contributed by atoms with E-state index in [1.807, 2.05) is 12.1 Å². The molecule has 0 aromatic carbocycles. The second kappa shape index (κ2) is 23.1. The standard InChI is InChI=1S/C16H36N.C14H19N3O6S.C13H18N4O6S/c1-5-9-13-17(14-10-6-2,15-11-7-3)16-12-8-4;18-14-16-8-10(17(14)23-24(19,20)21)4-5-13(16)12-7-11(22-15-12)6-9-2-1-3-9;18-13-16-7-9(17(13)23-24(19,20)21)1-2-12(16)11-4-10(22-15-11)3-8-5-14-6-8/h5-16H2,1-4H3;7,9-10,13H,1-6,8H2,(H,19,20,21);4,8-9,12,14H,1-3,5-7H2,(H,19,20,21)/q+1;;/p-1/t;10-,13+;9-,12+/m.11/s1. The van der Waals surface area contributed by atoms with Crippen molar-refractivity contribution in [2.75, 3.05) is 52.4 Å². The Morgan fingerprint density at radius 1 is 0.692 bits per heavy atom. The lowest BCUT2D eigenvalue weighted by Gasteiger charge is -2.39.